The molecule has 0 aliphatic heterocycles. The molecule has 0 bridgehead atoms. The number of halogens is 3. The van der Waals surface area contributed by atoms with Gasteiger partial charge in [0.25, 0.3) is 0 Å². The highest BCUT2D eigenvalue weighted by Crippen LogP contribution is 2.29. The normalized spacial score (nSPS) is 13.1. The van der Waals surface area contributed by atoms with Crippen LogP contribution in [0.1, 0.15) is 16.7 Å². The minimum Gasteiger partial charge on any atom is -0.326 e. The quantitative estimate of drug-likeness (QED) is 0.859. The number of nitrogens with two attached hydrogens (primary N) is 1. The summed E-state index contributed by atoms with van der Waals surface area (Å²) in [5.74, 6) is 0. The van der Waals surface area contributed by atoms with Gasteiger partial charge in [0.1, 0.15) is 0 Å². The second-order valence-electron chi connectivity index (χ2n) is 5.28. The Labute approximate surface area is 128 Å². The maximum absolute atomic E-state index is 12.5. The average Bonchev–Trinajstić information content (AvgIpc) is 2.48. The van der Waals surface area contributed by atoms with E-state index < -0.39 is 11.7 Å². The Morgan fingerprint density at radius 2 is 1.55 bits per heavy atom. The molecule has 0 spiro atoms. The fourth-order valence-corrected chi connectivity index (χ4v) is 2.20. The summed E-state index contributed by atoms with van der Waals surface area (Å²) in [6, 6.07) is 15.0. The summed E-state index contributed by atoms with van der Waals surface area (Å²) >= 11 is 0. The molecule has 0 saturated carbocycles. The predicted octanol–water partition coefficient (Wildman–Crippen LogP) is 3.37. The molecule has 118 valence electrons. The van der Waals surface area contributed by atoms with E-state index in [1.165, 1.54) is 17.7 Å². The van der Waals surface area contributed by atoms with Gasteiger partial charge < -0.3 is 11.1 Å². The smallest absolute Gasteiger partial charge is 0.326 e. The molecule has 0 heterocycles. The molecule has 0 fully saturated rings. The van der Waals surface area contributed by atoms with E-state index in [0.29, 0.717) is 13.0 Å². The number of benzene rings is 2. The van der Waals surface area contributed by atoms with Gasteiger partial charge in [-0.2, -0.15) is 13.2 Å². The zero-order valence-electron chi connectivity index (χ0n) is 12.1. The van der Waals surface area contributed by atoms with Crippen LogP contribution in [0.2, 0.25) is 0 Å². The van der Waals surface area contributed by atoms with E-state index >= 15 is 0 Å². The van der Waals surface area contributed by atoms with Crippen LogP contribution in [0.25, 0.3) is 0 Å². The topological polar surface area (TPSA) is 38.0 Å². The van der Waals surface area contributed by atoms with E-state index in [1.807, 2.05) is 30.3 Å². The molecule has 2 aromatic carbocycles. The first-order chi connectivity index (χ1) is 10.4. The van der Waals surface area contributed by atoms with Crippen molar-refractivity contribution in [1.29, 1.82) is 0 Å². The lowest BCUT2D eigenvalue weighted by molar-refractivity contribution is -0.137. The van der Waals surface area contributed by atoms with Crippen molar-refractivity contribution in [2.75, 3.05) is 6.54 Å². The second kappa shape index (κ2) is 7.42. The van der Waals surface area contributed by atoms with Crippen LogP contribution in [0, 0.1) is 0 Å². The Hall–Kier alpha value is -1.85. The molecule has 2 nitrogen and oxygen atoms in total. The summed E-state index contributed by atoms with van der Waals surface area (Å²) in [5.41, 5.74) is 7.35. The van der Waals surface area contributed by atoms with Crippen LogP contribution in [-0.2, 0) is 19.1 Å². The highest BCUT2D eigenvalue weighted by atomic mass is 19.4. The van der Waals surface area contributed by atoms with E-state index in [1.54, 1.807) is 0 Å². The van der Waals surface area contributed by atoms with Crippen molar-refractivity contribution in [3.63, 3.8) is 0 Å². The molecule has 3 N–H and O–H groups in total. The molecule has 0 aromatic heterocycles. The summed E-state index contributed by atoms with van der Waals surface area (Å²) in [7, 11) is 0. The maximum Gasteiger partial charge on any atom is 0.416 e. The molecule has 0 amide bonds. The molecule has 0 aliphatic rings. The molecule has 5 heteroatoms. The van der Waals surface area contributed by atoms with Crippen LogP contribution < -0.4 is 11.1 Å². The molecule has 0 radical (unpaired) electrons. The summed E-state index contributed by atoms with van der Waals surface area (Å²) in [4.78, 5) is 0. The average molecular weight is 308 g/mol. The number of rotatable bonds is 6. The zero-order valence-corrected chi connectivity index (χ0v) is 12.1. The number of hydrogen-bond acceptors (Lipinski definition) is 2. The molecule has 0 saturated heterocycles. The van der Waals surface area contributed by atoms with E-state index in [-0.39, 0.29) is 6.04 Å². The largest absolute Gasteiger partial charge is 0.416 e. The fourth-order valence-electron chi connectivity index (χ4n) is 2.20. The van der Waals surface area contributed by atoms with Gasteiger partial charge >= 0.3 is 6.18 Å². The lowest BCUT2D eigenvalue weighted by atomic mass is 10.0. The number of nitrogens with one attached hydrogen (secondary N) is 1. The minimum absolute atomic E-state index is 0.138. The number of hydrogen-bond donors (Lipinski definition) is 2. The van der Waals surface area contributed by atoms with Crippen molar-refractivity contribution in [2.45, 2.75) is 25.2 Å². The molecule has 0 aliphatic carbocycles. The Balaban J connectivity index is 1.78. The van der Waals surface area contributed by atoms with Crippen molar-refractivity contribution < 1.29 is 13.2 Å². The van der Waals surface area contributed by atoms with Crippen molar-refractivity contribution in [3.8, 4) is 0 Å². The lowest BCUT2D eigenvalue weighted by Crippen LogP contribution is -2.35. The fraction of sp³-hybridized carbons (Fsp3) is 0.294. The van der Waals surface area contributed by atoms with Crippen LogP contribution >= 0.6 is 0 Å². The van der Waals surface area contributed by atoms with Gasteiger partial charge in [-0.1, -0.05) is 42.5 Å². The van der Waals surface area contributed by atoms with Gasteiger partial charge in [-0.05, 0) is 29.7 Å². The van der Waals surface area contributed by atoms with Gasteiger partial charge in [0.15, 0.2) is 0 Å². The molecule has 2 aromatic rings. The van der Waals surface area contributed by atoms with Crippen molar-refractivity contribution >= 4 is 0 Å². The van der Waals surface area contributed by atoms with Crippen molar-refractivity contribution in [2.24, 2.45) is 5.73 Å². The molecule has 0 unspecified atom stereocenters. The van der Waals surface area contributed by atoms with Gasteiger partial charge in [0.2, 0.25) is 0 Å². The Bertz CT molecular complexity index is 565. The first-order valence-electron chi connectivity index (χ1n) is 7.11. The summed E-state index contributed by atoms with van der Waals surface area (Å²) in [6.45, 7) is 1.33. The lowest BCUT2D eigenvalue weighted by Gasteiger charge is -2.14. The Morgan fingerprint density at radius 3 is 2.14 bits per heavy atom. The first kappa shape index (κ1) is 16.5. The van der Waals surface area contributed by atoms with Crippen molar-refractivity contribution in [1.82, 2.24) is 5.32 Å². The molecular weight excluding hydrogens is 289 g/mol. The van der Waals surface area contributed by atoms with Gasteiger partial charge in [0.05, 0.1) is 5.56 Å². The molecule has 1 atom stereocenters. The summed E-state index contributed by atoms with van der Waals surface area (Å²) < 4.78 is 37.4. The monoisotopic (exact) mass is 308 g/mol. The summed E-state index contributed by atoms with van der Waals surface area (Å²) in [6.07, 6.45) is -3.75. The SMILES string of the molecule is N[C@H](CNCc1ccccc1)Cc1ccc(C(F)(F)F)cc1. The van der Waals surface area contributed by atoms with Crippen LogP contribution in [0.4, 0.5) is 13.2 Å². The van der Waals surface area contributed by atoms with E-state index in [0.717, 1.165) is 24.2 Å². The van der Waals surface area contributed by atoms with Gasteiger partial charge in [-0.3, -0.25) is 0 Å². The Kier molecular flexibility index (Phi) is 5.57. The highest BCUT2D eigenvalue weighted by Gasteiger charge is 2.29. The van der Waals surface area contributed by atoms with E-state index in [4.69, 9.17) is 5.73 Å². The van der Waals surface area contributed by atoms with Gasteiger partial charge in [-0.15, -0.1) is 0 Å². The third-order valence-electron chi connectivity index (χ3n) is 3.36. The van der Waals surface area contributed by atoms with Crippen LogP contribution in [-0.4, -0.2) is 12.6 Å². The second-order valence-corrected chi connectivity index (χ2v) is 5.28. The Morgan fingerprint density at radius 1 is 0.909 bits per heavy atom. The first-order valence-corrected chi connectivity index (χ1v) is 7.11. The third kappa shape index (κ3) is 5.16. The third-order valence-corrected chi connectivity index (χ3v) is 3.36. The summed E-state index contributed by atoms with van der Waals surface area (Å²) in [5, 5.41) is 3.25. The molecular formula is C17H19F3N2. The number of alkyl halides is 3. The van der Waals surface area contributed by atoms with Gasteiger partial charge in [-0.25, -0.2) is 0 Å². The van der Waals surface area contributed by atoms with Gasteiger partial charge in [0, 0.05) is 19.1 Å². The van der Waals surface area contributed by atoms with Crippen LogP contribution in [0.15, 0.2) is 54.6 Å². The zero-order chi connectivity index (χ0) is 16.0. The van der Waals surface area contributed by atoms with E-state index in [9.17, 15) is 13.2 Å². The highest BCUT2D eigenvalue weighted by molar-refractivity contribution is 5.25. The molecule has 2 rings (SSSR count). The standard InChI is InChI=1S/C17H19F3N2/c18-17(19,20)15-8-6-13(7-9-15)10-16(21)12-22-11-14-4-2-1-3-5-14/h1-9,16,22H,10-12,21H2/t16-/m0/s1. The predicted molar refractivity (Wildman–Crippen MR) is 81.3 cm³/mol. The van der Waals surface area contributed by atoms with E-state index in [2.05, 4.69) is 5.32 Å². The van der Waals surface area contributed by atoms with Crippen LogP contribution in [0.5, 0.6) is 0 Å². The van der Waals surface area contributed by atoms with Crippen molar-refractivity contribution in [3.05, 3.63) is 71.3 Å². The molecule has 22 heavy (non-hydrogen) atoms. The minimum atomic E-state index is -4.29. The van der Waals surface area contributed by atoms with Crippen LogP contribution in [0.3, 0.4) is 0 Å². The maximum atomic E-state index is 12.5.